The van der Waals surface area contributed by atoms with Crippen LogP contribution in [0.5, 0.6) is 0 Å². The van der Waals surface area contributed by atoms with E-state index in [1.54, 1.807) is 22.9 Å². The largest absolute Gasteiger partial charge is 0.308 e. The minimum atomic E-state index is -0.0205. The zero-order valence-corrected chi connectivity index (χ0v) is 11.7. The second kappa shape index (κ2) is 5.41. The molecular formula is C15H15ClN2O. The fourth-order valence-corrected chi connectivity index (χ4v) is 2.26. The molecule has 0 aliphatic rings. The van der Waals surface area contributed by atoms with Crippen molar-refractivity contribution in [3.8, 4) is 0 Å². The Hall–Kier alpha value is -1.87. The Kier molecular flexibility index (Phi) is 3.86. The molecule has 0 saturated heterocycles. The number of fused-ring (bicyclic) bond motifs is 1. The van der Waals surface area contributed by atoms with Gasteiger partial charge < -0.3 is 4.57 Å². The third-order valence-corrected chi connectivity index (χ3v) is 3.26. The van der Waals surface area contributed by atoms with Gasteiger partial charge in [0.05, 0.1) is 5.52 Å². The first-order valence-corrected chi connectivity index (χ1v) is 6.45. The van der Waals surface area contributed by atoms with E-state index in [1.165, 1.54) is 0 Å². The van der Waals surface area contributed by atoms with Gasteiger partial charge in [0.25, 0.3) is 5.56 Å². The number of hydrogen-bond donors (Lipinski definition) is 0. The third kappa shape index (κ3) is 2.47. The standard InChI is InChI=1S/C15H15ClN2O/c1-4-6-10(3)12-7-11-9-17-14(16)8-13(11)18(5-2)15(12)19/h4,6-9H,1,5H2,2-3H3. The molecule has 0 unspecified atom stereocenters. The molecule has 4 heteroatoms. The minimum Gasteiger partial charge on any atom is -0.308 e. The van der Waals surface area contributed by atoms with Gasteiger partial charge >= 0.3 is 0 Å². The molecule has 3 nitrogen and oxygen atoms in total. The maximum atomic E-state index is 12.5. The third-order valence-electron chi connectivity index (χ3n) is 3.05. The summed E-state index contributed by atoms with van der Waals surface area (Å²) >= 11 is 5.90. The first-order valence-electron chi connectivity index (χ1n) is 6.07. The van der Waals surface area contributed by atoms with E-state index in [1.807, 2.05) is 26.0 Å². The summed E-state index contributed by atoms with van der Waals surface area (Å²) in [6.07, 6.45) is 5.19. The summed E-state index contributed by atoms with van der Waals surface area (Å²) in [6.45, 7) is 8.08. The number of rotatable bonds is 3. The van der Waals surface area contributed by atoms with Crippen molar-refractivity contribution in [2.75, 3.05) is 0 Å². The average molecular weight is 275 g/mol. The summed E-state index contributed by atoms with van der Waals surface area (Å²) in [5.74, 6) is 0. The van der Waals surface area contributed by atoms with Crippen molar-refractivity contribution in [2.45, 2.75) is 20.4 Å². The van der Waals surface area contributed by atoms with Gasteiger partial charge in [-0.3, -0.25) is 4.79 Å². The van der Waals surface area contributed by atoms with Crippen LogP contribution in [-0.4, -0.2) is 9.55 Å². The van der Waals surface area contributed by atoms with E-state index in [9.17, 15) is 4.79 Å². The van der Waals surface area contributed by atoms with Gasteiger partial charge in [-0.2, -0.15) is 0 Å². The van der Waals surface area contributed by atoms with E-state index < -0.39 is 0 Å². The molecule has 0 fully saturated rings. The van der Waals surface area contributed by atoms with Crippen molar-refractivity contribution in [3.63, 3.8) is 0 Å². The van der Waals surface area contributed by atoms with Crippen LogP contribution in [0.3, 0.4) is 0 Å². The Morgan fingerprint density at radius 2 is 2.26 bits per heavy atom. The lowest BCUT2D eigenvalue weighted by atomic mass is 10.1. The van der Waals surface area contributed by atoms with Crippen molar-refractivity contribution in [1.29, 1.82) is 0 Å². The topological polar surface area (TPSA) is 34.9 Å². The van der Waals surface area contributed by atoms with Crippen LogP contribution in [0.15, 0.2) is 41.9 Å². The van der Waals surface area contributed by atoms with Crippen LogP contribution in [0.2, 0.25) is 5.15 Å². The van der Waals surface area contributed by atoms with E-state index in [4.69, 9.17) is 11.6 Å². The Morgan fingerprint density at radius 1 is 1.53 bits per heavy atom. The minimum absolute atomic E-state index is 0.0205. The molecule has 19 heavy (non-hydrogen) atoms. The molecular weight excluding hydrogens is 260 g/mol. The van der Waals surface area contributed by atoms with Crippen molar-refractivity contribution < 1.29 is 0 Å². The van der Waals surface area contributed by atoms with Crippen LogP contribution >= 0.6 is 11.6 Å². The molecule has 0 aliphatic heterocycles. The Balaban J connectivity index is 2.87. The highest BCUT2D eigenvalue weighted by Gasteiger charge is 2.10. The average Bonchev–Trinajstić information content (AvgIpc) is 2.38. The molecule has 0 radical (unpaired) electrons. The van der Waals surface area contributed by atoms with Crippen LogP contribution in [0, 0.1) is 0 Å². The lowest BCUT2D eigenvalue weighted by Gasteiger charge is -2.11. The lowest BCUT2D eigenvalue weighted by Crippen LogP contribution is -2.22. The van der Waals surface area contributed by atoms with Crippen molar-refractivity contribution in [1.82, 2.24) is 9.55 Å². The van der Waals surface area contributed by atoms with Gasteiger partial charge in [-0.1, -0.05) is 30.3 Å². The fourth-order valence-electron chi connectivity index (χ4n) is 2.11. The molecule has 0 aromatic carbocycles. The summed E-state index contributed by atoms with van der Waals surface area (Å²) in [7, 11) is 0. The second-order valence-corrected chi connectivity index (χ2v) is 4.65. The number of hydrogen-bond acceptors (Lipinski definition) is 2. The normalized spacial score (nSPS) is 11.8. The first-order chi connectivity index (χ1) is 9.08. The summed E-state index contributed by atoms with van der Waals surface area (Å²) in [6, 6.07) is 3.57. The molecule has 0 N–H and O–H groups in total. The van der Waals surface area contributed by atoms with Gasteiger partial charge in [-0.05, 0) is 31.6 Å². The predicted molar refractivity (Wildman–Crippen MR) is 80.5 cm³/mol. The number of nitrogens with zero attached hydrogens (tertiary/aromatic N) is 2. The molecule has 2 aromatic heterocycles. The number of halogens is 1. The fraction of sp³-hybridized carbons (Fsp3) is 0.200. The number of pyridine rings is 2. The number of aromatic nitrogens is 2. The maximum absolute atomic E-state index is 12.5. The summed E-state index contributed by atoms with van der Waals surface area (Å²) in [5, 5.41) is 1.29. The molecule has 2 heterocycles. The van der Waals surface area contributed by atoms with Crippen LogP contribution in [0.4, 0.5) is 0 Å². The SMILES string of the molecule is C=CC=C(C)c1cc2cnc(Cl)cc2n(CC)c1=O. The second-order valence-electron chi connectivity index (χ2n) is 4.26. The Labute approximate surface area is 116 Å². The van der Waals surface area contributed by atoms with E-state index >= 15 is 0 Å². The van der Waals surface area contributed by atoms with Crippen LogP contribution in [0.25, 0.3) is 16.5 Å². The summed E-state index contributed by atoms with van der Waals surface area (Å²) in [4.78, 5) is 16.5. The quantitative estimate of drug-likeness (QED) is 0.632. The van der Waals surface area contributed by atoms with Gasteiger partial charge in [0, 0.05) is 23.7 Å². The van der Waals surface area contributed by atoms with Crippen molar-refractivity contribution >= 4 is 28.1 Å². The van der Waals surface area contributed by atoms with E-state index in [2.05, 4.69) is 11.6 Å². The van der Waals surface area contributed by atoms with Crippen LogP contribution in [-0.2, 0) is 6.54 Å². The van der Waals surface area contributed by atoms with Crippen LogP contribution < -0.4 is 5.56 Å². The van der Waals surface area contributed by atoms with Gasteiger partial charge in [-0.15, -0.1) is 0 Å². The molecule has 0 spiro atoms. The lowest BCUT2D eigenvalue weighted by molar-refractivity contribution is 0.757. The zero-order chi connectivity index (χ0) is 14.0. The van der Waals surface area contributed by atoms with Crippen molar-refractivity contribution in [2.24, 2.45) is 0 Å². The number of allylic oxidation sites excluding steroid dienone is 3. The molecule has 0 atom stereocenters. The zero-order valence-electron chi connectivity index (χ0n) is 11.0. The Morgan fingerprint density at radius 3 is 2.89 bits per heavy atom. The van der Waals surface area contributed by atoms with Gasteiger partial charge in [-0.25, -0.2) is 4.98 Å². The molecule has 0 amide bonds. The maximum Gasteiger partial charge on any atom is 0.258 e. The monoisotopic (exact) mass is 274 g/mol. The highest BCUT2D eigenvalue weighted by molar-refractivity contribution is 6.30. The van der Waals surface area contributed by atoms with Crippen LogP contribution in [0.1, 0.15) is 19.4 Å². The van der Waals surface area contributed by atoms with Gasteiger partial charge in [0.2, 0.25) is 0 Å². The van der Waals surface area contributed by atoms with Gasteiger partial charge in [0.1, 0.15) is 5.15 Å². The highest BCUT2D eigenvalue weighted by Crippen LogP contribution is 2.19. The molecule has 2 aromatic rings. The van der Waals surface area contributed by atoms with Gasteiger partial charge in [0.15, 0.2) is 0 Å². The summed E-state index contributed by atoms with van der Waals surface area (Å²) < 4.78 is 1.71. The van der Waals surface area contributed by atoms with E-state index in [0.717, 1.165) is 16.5 Å². The molecule has 0 saturated carbocycles. The predicted octanol–water partition coefficient (Wildman–Crippen LogP) is 3.66. The molecule has 98 valence electrons. The Bertz CT molecular complexity index is 729. The summed E-state index contributed by atoms with van der Waals surface area (Å²) in [5.41, 5.74) is 2.34. The highest BCUT2D eigenvalue weighted by atomic mass is 35.5. The molecule has 0 aliphatic carbocycles. The van der Waals surface area contributed by atoms with Crippen molar-refractivity contribution in [3.05, 3.63) is 58.1 Å². The van der Waals surface area contributed by atoms with E-state index in [-0.39, 0.29) is 5.56 Å². The molecule has 2 rings (SSSR count). The molecule has 0 bridgehead atoms. The number of aryl methyl sites for hydroxylation is 1. The smallest absolute Gasteiger partial charge is 0.258 e. The van der Waals surface area contributed by atoms with E-state index in [0.29, 0.717) is 17.3 Å². The first kappa shape index (κ1) is 13.6.